The third kappa shape index (κ3) is 6.55. The fourth-order valence-corrected chi connectivity index (χ4v) is 1.35. The maximum Gasteiger partial charge on any atom is 0.110 e. The smallest absolute Gasteiger partial charge is 0.110 e. The fraction of sp³-hybridized carbons (Fsp3) is 1.00. The Kier molecular flexibility index (Phi) is 6.70. The second-order valence-corrected chi connectivity index (χ2v) is 6.50. The molecular formula is C7H16S4. The Bertz CT molecular complexity index is 97.1. The van der Waals surface area contributed by atoms with Crippen molar-refractivity contribution in [3.8, 4) is 0 Å². The number of thiol groups is 4. The quantitative estimate of drug-likeness (QED) is 0.310. The first-order valence-electron chi connectivity index (χ1n) is 3.83. The third-order valence-electron chi connectivity index (χ3n) is 1.53. The van der Waals surface area contributed by atoms with Gasteiger partial charge in [0.2, 0.25) is 0 Å². The van der Waals surface area contributed by atoms with E-state index < -0.39 is 3.41 Å². The molecule has 0 N–H and O–H groups in total. The summed E-state index contributed by atoms with van der Waals surface area (Å²) in [6.45, 7) is 2.18. The van der Waals surface area contributed by atoms with Crippen LogP contribution in [0.1, 0.15) is 32.6 Å². The molecule has 4 heteroatoms. The van der Waals surface area contributed by atoms with Gasteiger partial charge in [-0.2, -0.15) is 50.5 Å². The van der Waals surface area contributed by atoms with E-state index in [1.807, 2.05) is 0 Å². The van der Waals surface area contributed by atoms with E-state index >= 15 is 0 Å². The minimum Gasteiger partial charge on any atom is -0.173 e. The summed E-state index contributed by atoms with van der Waals surface area (Å²) in [6, 6.07) is 0. The summed E-state index contributed by atoms with van der Waals surface area (Å²) < 4.78 is -0.545. The number of hydrogen-bond donors (Lipinski definition) is 4. The average Bonchev–Trinajstić information content (AvgIpc) is 1.86. The molecule has 0 radical (unpaired) electrons. The van der Waals surface area contributed by atoms with Gasteiger partial charge < -0.3 is 0 Å². The van der Waals surface area contributed by atoms with Gasteiger partial charge in [0.1, 0.15) is 3.41 Å². The lowest BCUT2D eigenvalue weighted by molar-refractivity contribution is 0.658. The summed E-state index contributed by atoms with van der Waals surface area (Å²) in [6.07, 6.45) is 4.71. The van der Waals surface area contributed by atoms with Gasteiger partial charge in [-0.05, 0) is 6.42 Å². The summed E-state index contributed by atoms with van der Waals surface area (Å²) in [4.78, 5) is 0. The molecule has 0 amide bonds. The summed E-state index contributed by atoms with van der Waals surface area (Å²) in [7, 11) is 0. The molecule has 0 heterocycles. The normalized spacial score (nSPS) is 15.0. The second kappa shape index (κ2) is 5.95. The summed E-state index contributed by atoms with van der Waals surface area (Å²) in [5.74, 6) is 0. The van der Waals surface area contributed by atoms with E-state index in [1.165, 1.54) is 19.3 Å². The first-order valence-corrected chi connectivity index (χ1v) is 5.69. The highest BCUT2D eigenvalue weighted by atomic mass is 32.2. The Morgan fingerprint density at radius 2 is 1.73 bits per heavy atom. The van der Waals surface area contributed by atoms with Gasteiger partial charge in [0.15, 0.2) is 0 Å². The van der Waals surface area contributed by atoms with E-state index in [0.717, 1.165) is 6.42 Å². The molecule has 0 bridgehead atoms. The molecule has 0 nitrogen and oxygen atoms in total. The summed E-state index contributed by atoms with van der Waals surface area (Å²) >= 11 is 17.0. The van der Waals surface area contributed by atoms with Crippen molar-refractivity contribution in [2.24, 2.45) is 0 Å². The van der Waals surface area contributed by atoms with E-state index in [2.05, 4.69) is 57.4 Å². The Morgan fingerprint density at radius 3 is 2.09 bits per heavy atom. The van der Waals surface area contributed by atoms with Crippen molar-refractivity contribution in [2.75, 3.05) is 0 Å². The molecule has 0 aliphatic rings. The highest BCUT2D eigenvalue weighted by Gasteiger charge is 2.23. The second-order valence-electron chi connectivity index (χ2n) is 2.70. The first-order chi connectivity index (χ1) is 4.98. The third-order valence-corrected chi connectivity index (χ3v) is 3.72. The topological polar surface area (TPSA) is 0 Å². The predicted octanol–water partition coefficient (Wildman–Crippen LogP) is 3.31. The van der Waals surface area contributed by atoms with E-state index in [0.29, 0.717) is 0 Å². The number of rotatable bonds is 5. The number of unbranched alkanes of at least 4 members (excludes halogenated alkanes) is 2. The molecule has 1 unspecified atom stereocenters. The van der Waals surface area contributed by atoms with Gasteiger partial charge in [0, 0.05) is 5.25 Å². The Labute approximate surface area is 91.5 Å². The van der Waals surface area contributed by atoms with Crippen molar-refractivity contribution in [3.63, 3.8) is 0 Å². The zero-order valence-electron chi connectivity index (χ0n) is 6.69. The fourth-order valence-electron chi connectivity index (χ4n) is 0.781. The standard InChI is InChI=1S/C7H16S4/c1-2-3-4-5-6(8)7(9,10)11/h6,8-11H,2-5H2,1H3. The van der Waals surface area contributed by atoms with Crippen molar-refractivity contribution >= 4 is 50.5 Å². The Balaban J connectivity index is 3.44. The van der Waals surface area contributed by atoms with E-state index in [9.17, 15) is 0 Å². The molecule has 0 aromatic rings. The van der Waals surface area contributed by atoms with Gasteiger partial charge in [-0.1, -0.05) is 26.2 Å². The predicted molar refractivity (Wildman–Crippen MR) is 66.6 cm³/mol. The van der Waals surface area contributed by atoms with Crippen LogP contribution in [0.25, 0.3) is 0 Å². The molecule has 68 valence electrons. The molecule has 0 fully saturated rings. The van der Waals surface area contributed by atoms with Gasteiger partial charge in [-0.25, -0.2) is 0 Å². The minimum absolute atomic E-state index is 0.157. The van der Waals surface area contributed by atoms with Gasteiger partial charge in [0.25, 0.3) is 0 Å². The number of hydrogen-bond acceptors (Lipinski definition) is 4. The van der Waals surface area contributed by atoms with E-state index in [-0.39, 0.29) is 5.25 Å². The zero-order valence-corrected chi connectivity index (χ0v) is 10.3. The zero-order chi connectivity index (χ0) is 8.91. The van der Waals surface area contributed by atoms with Gasteiger partial charge in [0.05, 0.1) is 0 Å². The highest BCUT2D eigenvalue weighted by molar-refractivity contribution is 8.18. The van der Waals surface area contributed by atoms with Crippen LogP contribution in [-0.2, 0) is 0 Å². The van der Waals surface area contributed by atoms with Crippen LogP contribution in [0.15, 0.2) is 0 Å². The van der Waals surface area contributed by atoms with Crippen molar-refractivity contribution in [1.29, 1.82) is 0 Å². The van der Waals surface area contributed by atoms with Crippen molar-refractivity contribution < 1.29 is 0 Å². The first kappa shape index (κ1) is 12.4. The van der Waals surface area contributed by atoms with Crippen LogP contribution in [0.2, 0.25) is 0 Å². The minimum atomic E-state index is -0.545. The lowest BCUT2D eigenvalue weighted by Gasteiger charge is -2.22. The van der Waals surface area contributed by atoms with Crippen LogP contribution in [0.3, 0.4) is 0 Å². The van der Waals surface area contributed by atoms with Crippen LogP contribution >= 0.6 is 50.5 Å². The molecule has 0 aromatic carbocycles. The van der Waals surface area contributed by atoms with Crippen LogP contribution in [0.5, 0.6) is 0 Å². The average molecular weight is 228 g/mol. The lowest BCUT2D eigenvalue weighted by atomic mass is 10.2. The molecule has 0 spiro atoms. The highest BCUT2D eigenvalue weighted by Crippen LogP contribution is 2.34. The van der Waals surface area contributed by atoms with Gasteiger partial charge >= 0.3 is 0 Å². The van der Waals surface area contributed by atoms with Crippen LogP contribution in [0, 0.1) is 0 Å². The van der Waals surface area contributed by atoms with Crippen LogP contribution < -0.4 is 0 Å². The molecule has 0 aromatic heterocycles. The molecule has 0 saturated carbocycles. The largest absolute Gasteiger partial charge is 0.173 e. The Morgan fingerprint density at radius 1 is 1.18 bits per heavy atom. The molecular weight excluding hydrogens is 212 g/mol. The Hall–Kier alpha value is 1.40. The summed E-state index contributed by atoms with van der Waals surface area (Å²) in [5.41, 5.74) is 0. The van der Waals surface area contributed by atoms with Gasteiger partial charge in [-0.15, -0.1) is 0 Å². The maximum absolute atomic E-state index is 4.35. The molecule has 0 saturated heterocycles. The van der Waals surface area contributed by atoms with E-state index in [4.69, 9.17) is 0 Å². The van der Waals surface area contributed by atoms with Crippen molar-refractivity contribution in [1.82, 2.24) is 0 Å². The van der Waals surface area contributed by atoms with Crippen molar-refractivity contribution in [2.45, 2.75) is 41.3 Å². The summed E-state index contributed by atoms with van der Waals surface area (Å²) in [5, 5.41) is 0.157. The monoisotopic (exact) mass is 228 g/mol. The maximum atomic E-state index is 4.35. The van der Waals surface area contributed by atoms with Gasteiger partial charge in [-0.3, -0.25) is 0 Å². The van der Waals surface area contributed by atoms with Crippen LogP contribution in [-0.4, -0.2) is 8.66 Å². The molecule has 1 atom stereocenters. The van der Waals surface area contributed by atoms with Crippen molar-refractivity contribution in [3.05, 3.63) is 0 Å². The molecule has 0 aliphatic heterocycles. The van der Waals surface area contributed by atoms with E-state index in [1.54, 1.807) is 0 Å². The van der Waals surface area contributed by atoms with Crippen LogP contribution in [0.4, 0.5) is 0 Å². The lowest BCUT2D eigenvalue weighted by Crippen LogP contribution is -2.19. The molecule has 0 rings (SSSR count). The molecule has 11 heavy (non-hydrogen) atoms. The molecule has 0 aliphatic carbocycles. The SMILES string of the molecule is CCCCCC(S)C(S)(S)S.